The van der Waals surface area contributed by atoms with E-state index in [2.05, 4.69) is 6.07 Å². The van der Waals surface area contributed by atoms with Gasteiger partial charge in [0.2, 0.25) is 0 Å². The molecule has 1 fully saturated rings. The average molecular weight is 320 g/mol. The van der Waals surface area contributed by atoms with Gasteiger partial charge in [-0.05, 0) is 44.0 Å². The standard InChI is InChI=1S/C17H24N2O4/c1-4-22-17(21)19-7-5-18(6-8-19)16(20)12-23-15-10-13(2)9-14(3)11-15/h9-11H,4-8,12H2,1-3H3. The van der Waals surface area contributed by atoms with Crippen molar-refractivity contribution in [1.29, 1.82) is 0 Å². The first kappa shape index (κ1) is 17.1. The minimum Gasteiger partial charge on any atom is -0.484 e. The molecule has 1 aromatic rings. The second kappa shape index (κ2) is 7.85. The van der Waals surface area contributed by atoms with Crippen molar-refractivity contribution >= 4 is 12.0 Å². The molecular formula is C17H24N2O4. The molecule has 1 heterocycles. The second-order valence-electron chi connectivity index (χ2n) is 5.68. The number of ether oxygens (including phenoxy) is 2. The Hall–Kier alpha value is -2.24. The van der Waals surface area contributed by atoms with Crippen molar-refractivity contribution < 1.29 is 19.1 Å². The number of carbonyl (C=O) groups is 2. The highest BCUT2D eigenvalue weighted by atomic mass is 16.6. The smallest absolute Gasteiger partial charge is 0.409 e. The number of aryl methyl sites for hydroxylation is 2. The molecule has 6 heteroatoms. The maximum atomic E-state index is 12.2. The molecule has 2 amide bonds. The third kappa shape index (κ3) is 4.87. The van der Waals surface area contributed by atoms with Gasteiger partial charge < -0.3 is 19.3 Å². The first-order valence-electron chi connectivity index (χ1n) is 7.90. The summed E-state index contributed by atoms with van der Waals surface area (Å²) in [6.07, 6.45) is -0.314. The largest absolute Gasteiger partial charge is 0.484 e. The summed E-state index contributed by atoms with van der Waals surface area (Å²) < 4.78 is 10.6. The predicted molar refractivity (Wildman–Crippen MR) is 86.6 cm³/mol. The number of piperazine rings is 1. The van der Waals surface area contributed by atoms with E-state index >= 15 is 0 Å². The van der Waals surface area contributed by atoms with Gasteiger partial charge in [0.05, 0.1) is 6.61 Å². The molecule has 0 atom stereocenters. The van der Waals surface area contributed by atoms with Gasteiger partial charge in [0.1, 0.15) is 5.75 Å². The van der Waals surface area contributed by atoms with Gasteiger partial charge >= 0.3 is 6.09 Å². The fourth-order valence-corrected chi connectivity index (χ4v) is 2.61. The van der Waals surface area contributed by atoms with Crippen molar-refractivity contribution in [3.63, 3.8) is 0 Å². The summed E-state index contributed by atoms with van der Waals surface area (Å²) >= 11 is 0. The van der Waals surface area contributed by atoms with E-state index in [1.54, 1.807) is 16.7 Å². The van der Waals surface area contributed by atoms with Crippen molar-refractivity contribution in [1.82, 2.24) is 9.80 Å². The number of amides is 2. The van der Waals surface area contributed by atoms with Crippen LogP contribution in [0.15, 0.2) is 18.2 Å². The lowest BCUT2D eigenvalue weighted by Gasteiger charge is -2.33. The van der Waals surface area contributed by atoms with Crippen LogP contribution in [0.2, 0.25) is 0 Å². The normalized spacial score (nSPS) is 14.6. The minimum atomic E-state index is -0.314. The Morgan fingerprint density at radius 1 is 1.00 bits per heavy atom. The third-order valence-corrected chi connectivity index (χ3v) is 3.72. The Morgan fingerprint density at radius 2 is 1.57 bits per heavy atom. The fraction of sp³-hybridized carbons (Fsp3) is 0.529. The summed E-state index contributed by atoms with van der Waals surface area (Å²) in [6.45, 7) is 8.16. The van der Waals surface area contributed by atoms with Crippen LogP contribution in [0.3, 0.4) is 0 Å². The Labute approximate surface area is 137 Å². The van der Waals surface area contributed by atoms with Gasteiger partial charge in [-0.3, -0.25) is 4.79 Å². The molecule has 1 aliphatic rings. The van der Waals surface area contributed by atoms with E-state index in [4.69, 9.17) is 9.47 Å². The topological polar surface area (TPSA) is 59.1 Å². The first-order chi connectivity index (χ1) is 11.0. The van der Waals surface area contributed by atoms with Crippen LogP contribution in [0.1, 0.15) is 18.1 Å². The summed E-state index contributed by atoms with van der Waals surface area (Å²) in [7, 11) is 0. The van der Waals surface area contributed by atoms with E-state index in [1.165, 1.54) is 0 Å². The van der Waals surface area contributed by atoms with Crippen molar-refractivity contribution in [3.05, 3.63) is 29.3 Å². The fourth-order valence-electron chi connectivity index (χ4n) is 2.61. The zero-order chi connectivity index (χ0) is 16.8. The van der Waals surface area contributed by atoms with Crippen LogP contribution in [-0.2, 0) is 9.53 Å². The van der Waals surface area contributed by atoms with E-state index in [0.29, 0.717) is 38.5 Å². The molecule has 0 aliphatic carbocycles. The summed E-state index contributed by atoms with van der Waals surface area (Å²) in [5.41, 5.74) is 2.21. The Kier molecular flexibility index (Phi) is 5.84. The Bertz CT molecular complexity index is 545. The SMILES string of the molecule is CCOC(=O)N1CCN(C(=O)COc2cc(C)cc(C)c2)CC1. The van der Waals surface area contributed by atoms with Crippen molar-refractivity contribution in [2.24, 2.45) is 0 Å². The first-order valence-corrected chi connectivity index (χ1v) is 7.90. The van der Waals surface area contributed by atoms with Gasteiger partial charge in [0.25, 0.3) is 5.91 Å². The molecule has 0 aromatic heterocycles. The molecule has 23 heavy (non-hydrogen) atoms. The van der Waals surface area contributed by atoms with E-state index in [0.717, 1.165) is 11.1 Å². The molecule has 0 unspecified atom stereocenters. The summed E-state index contributed by atoms with van der Waals surface area (Å²) in [6, 6.07) is 5.89. The summed E-state index contributed by atoms with van der Waals surface area (Å²) in [4.78, 5) is 27.2. The Morgan fingerprint density at radius 3 is 2.13 bits per heavy atom. The van der Waals surface area contributed by atoms with Gasteiger partial charge in [0.15, 0.2) is 6.61 Å². The highest BCUT2D eigenvalue weighted by molar-refractivity contribution is 5.78. The lowest BCUT2D eigenvalue weighted by Crippen LogP contribution is -2.51. The lowest BCUT2D eigenvalue weighted by molar-refractivity contribution is -0.134. The molecule has 6 nitrogen and oxygen atoms in total. The number of hydrogen-bond acceptors (Lipinski definition) is 4. The molecule has 1 saturated heterocycles. The molecule has 0 bridgehead atoms. The average Bonchev–Trinajstić information content (AvgIpc) is 2.52. The number of hydrogen-bond donors (Lipinski definition) is 0. The summed E-state index contributed by atoms with van der Waals surface area (Å²) in [5.74, 6) is 0.647. The van der Waals surface area contributed by atoms with Gasteiger partial charge in [-0.1, -0.05) is 6.07 Å². The molecule has 0 saturated carbocycles. The quantitative estimate of drug-likeness (QED) is 0.851. The van der Waals surface area contributed by atoms with Crippen LogP contribution in [0.25, 0.3) is 0 Å². The monoisotopic (exact) mass is 320 g/mol. The zero-order valence-electron chi connectivity index (χ0n) is 14.0. The number of rotatable bonds is 4. The van der Waals surface area contributed by atoms with Crippen LogP contribution < -0.4 is 4.74 Å². The molecule has 2 rings (SSSR count). The highest BCUT2D eigenvalue weighted by Gasteiger charge is 2.24. The van der Waals surface area contributed by atoms with E-state index in [1.807, 2.05) is 26.0 Å². The second-order valence-corrected chi connectivity index (χ2v) is 5.68. The van der Waals surface area contributed by atoms with Crippen LogP contribution in [0.5, 0.6) is 5.75 Å². The lowest BCUT2D eigenvalue weighted by atomic mass is 10.1. The zero-order valence-corrected chi connectivity index (χ0v) is 14.0. The van der Waals surface area contributed by atoms with Crippen molar-refractivity contribution in [2.75, 3.05) is 39.4 Å². The Balaban J connectivity index is 1.80. The van der Waals surface area contributed by atoms with Gasteiger partial charge in [-0.25, -0.2) is 4.79 Å². The van der Waals surface area contributed by atoms with E-state index < -0.39 is 0 Å². The molecule has 0 radical (unpaired) electrons. The van der Waals surface area contributed by atoms with Gasteiger partial charge in [-0.15, -0.1) is 0 Å². The molecule has 1 aromatic carbocycles. The molecule has 1 aliphatic heterocycles. The maximum absolute atomic E-state index is 12.2. The number of carbonyl (C=O) groups excluding carboxylic acids is 2. The molecule has 0 N–H and O–H groups in total. The van der Waals surface area contributed by atoms with E-state index in [-0.39, 0.29) is 18.6 Å². The number of nitrogens with zero attached hydrogens (tertiary/aromatic N) is 2. The van der Waals surface area contributed by atoms with Crippen LogP contribution in [0.4, 0.5) is 4.79 Å². The minimum absolute atomic E-state index is 0.0162. The maximum Gasteiger partial charge on any atom is 0.409 e. The molecule has 0 spiro atoms. The van der Waals surface area contributed by atoms with E-state index in [9.17, 15) is 9.59 Å². The molecular weight excluding hydrogens is 296 g/mol. The summed E-state index contributed by atoms with van der Waals surface area (Å²) in [5, 5.41) is 0. The van der Waals surface area contributed by atoms with Gasteiger partial charge in [-0.2, -0.15) is 0 Å². The number of benzene rings is 1. The van der Waals surface area contributed by atoms with Crippen LogP contribution in [0, 0.1) is 13.8 Å². The van der Waals surface area contributed by atoms with Crippen molar-refractivity contribution in [2.45, 2.75) is 20.8 Å². The van der Waals surface area contributed by atoms with Crippen molar-refractivity contribution in [3.8, 4) is 5.75 Å². The molecule has 126 valence electrons. The predicted octanol–water partition coefficient (Wildman–Crippen LogP) is 1.98. The highest BCUT2D eigenvalue weighted by Crippen LogP contribution is 2.16. The van der Waals surface area contributed by atoms with Gasteiger partial charge in [0, 0.05) is 26.2 Å². The third-order valence-electron chi connectivity index (χ3n) is 3.72. The van der Waals surface area contributed by atoms with Crippen LogP contribution >= 0.6 is 0 Å². The van der Waals surface area contributed by atoms with Crippen LogP contribution in [-0.4, -0.2) is 61.2 Å².